The van der Waals surface area contributed by atoms with Crippen LogP contribution in [-0.2, 0) is 11.3 Å². The smallest absolute Gasteiger partial charge is 0.333 e. The lowest BCUT2D eigenvalue weighted by Gasteiger charge is -2.07. The van der Waals surface area contributed by atoms with Gasteiger partial charge in [0.05, 0.1) is 5.56 Å². The van der Waals surface area contributed by atoms with Gasteiger partial charge in [0.2, 0.25) is 11.7 Å². The fourth-order valence-electron chi connectivity index (χ4n) is 3.40. The van der Waals surface area contributed by atoms with Crippen molar-refractivity contribution in [3.8, 4) is 22.8 Å². The molecule has 0 aliphatic rings. The van der Waals surface area contributed by atoms with Crippen molar-refractivity contribution in [2.24, 2.45) is 0 Å². The highest BCUT2D eigenvalue weighted by atomic mass is 35.5. The summed E-state index contributed by atoms with van der Waals surface area (Å²) in [6.07, 6.45) is 1.57. The van der Waals surface area contributed by atoms with Crippen LogP contribution in [0.25, 0.3) is 28.5 Å². The first-order valence-electron chi connectivity index (χ1n) is 10.0. The van der Waals surface area contributed by atoms with Crippen LogP contribution in [0.15, 0.2) is 76.2 Å². The van der Waals surface area contributed by atoms with E-state index in [4.69, 9.17) is 16.1 Å². The highest BCUT2D eigenvalue weighted by Crippen LogP contribution is 2.25. The van der Waals surface area contributed by atoms with Gasteiger partial charge in [0, 0.05) is 22.5 Å². The van der Waals surface area contributed by atoms with Crippen molar-refractivity contribution in [3.05, 3.63) is 87.9 Å². The lowest BCUT2D eigenvalue weighted by atomic mass is 10.2. The van der Waals surface area contributed by atoms with E-state index in [-0.39, 0.29) is 18.3 Å². The van der Waals surface area contributed by atoms with E-state index in [0.29, 0.717) is 27.7 Å². The molecule has 33 heavy (non-hydrogen) atoms. The van der Waals surface area contributed by atoms with E-state index in [1.54, 1.807) is 48.7 Å². The maximum absolute atomic E-state index is 12.8. The average Bonchev–Trinajstić information content (AvgIpc) is 3.41. The molecule has 0 saturated carbocycles. The monoisotopic (exact) mass is 460 g/mol. The second kappa shape index (κ2) is 8.36. The van der Waals surface area contributed by atoms with E-state index in [1.165, 1.54) is 4.40 Å². The van der Waals surface area contributed by atoms with Crippen LogP contribution in [0.5, 0.6) is 0 Å². The molecule has 2 aromatic carbocycles. The highest BCUT2D eigenvalue weighted by Gasteiger charge is 2.18. The highest BCUT2D eigenvalue weighted by molar-refractivity contribution is 6.30. The minimum atomic E-state index is -0.454. The molecule has 1 N–H and O–H groups in total. The number of carbonyl (C=O) groups is 1. The van der Waals surface area contributed by atoms with Crippen molar-refractivity contribution in [2.75, 3.05) is 5.32 Å². The van der Waals surface area contributed by atoms with Crippen LogP contribution in [0.4, 0.5) is 5.69 Å². The number of nitrogens with one attached hydrogen (secondary N) is 1. The number of aromatic nitrogens is 5. The summed E-state index contributed by atoms with van der Waals surface area (Å²) in [6, 6.07) is 17.8. The molecule has 0 spiro atoms. The maximum Gasteiger partial charge on any atom is 0.350 e. The van der Waals surface area contributed by atoms with Crippen molar-refractivity contribution >= 4 is 28.8 Å². The van der Waals surface area contributed by atoms with Gasteiger partial charge in [-0.25, -0.2) is 13.9 Å². The zero-order chi connectivity index (χ0) is 22.9. The van der Waals surface area contributed by atoms with Crippen molar-refractivity contribution < 1.29 is 9.32 Å². The summed E-state index contributed by atoms with van der Waals surface area (Å²) in [5.41, 5.74) is 2.66. The summed E-state index contributed by atoms with van der Waals surface area (Å²) < 4.78 is 7.86. The van der Waals surface area contributed by atoms with Crippen LogP contribution in [0.3, 0.4) is 0 Å². The van der Waals surface area contributed by atoms with Gasteiger partial charge < -0.3 is 9.84 Å². The Bertz CT molecular complexity index is 1530. The van der Waals surface area contributed by atoms with Gasteiger partial charge in [-0.1, -0.05) is 35.0 Å². The Morgan fingerprint density at radius 3 is 2.67 bits per heavy atom. The van der Waals surface area contributed by atoms with E-state index in [9.17, 15) is 9.59 Å². The number of benzene rings is 2. The van der Waals surface area contributed by atoms with E-state index in [0.717, 1.165) is 15.8 Å². The number of para-hydroxylation sites is 1. The standard InChI is InChI=1S/C23H17ClN6O3/c1-14-5-2-3-7-18(14)25-19(31)13-30-23(32)29-12-4-6-17(21(29)27-30)22-26-20(28-33-22)15-8-10-16(24)11-9-15/h2-12H,13H2,1H3,(H,25,31). The van der Waals surface area contributed by atoms with Crippen molar-refractivity contribution in [1.82, 2.24) is 24.3 Å². The quantitative estimate of drug-likeness (QED) is 0.427. The molecule has 5 rings (SSSR count). The lowest BCUT2D eigenvalue weighted by molar-refractivity contribution is -0.117. The first kappa shape index (κ1) is 20.7. The van der Waals surface area contributed by atoms with E-state index in [2.05, 4.69) is 20.6 Å². The lowest BCUT2D eigenvalue weighted by Crippen LogP contribution is -2.28. The molecule has 1 amide bonds. The van der Waals surface area contributed by atoms with Gasteiger partial charge in [0.15, 0.2) is 5.65 Å². The molecule has 5 aromatic rings. The molecule has 0 bridgehead atoms. The Labute approximate surface area is 192 Å². The first-order chi connectivity index (χ1) is 16.0. The Hall–Kier alpha value is -4.24. The number of hydrogen-bond acceptors (Lipinski definition) is 6. The third-order valence-electron chi connectivity index (χ3n) is 5.08. The predicted octanol–water partition coefficient (Wildman–Crippen LogP) is 3.81. The van der Waals surface area contributed by atoms with Gasteiger partial charge in [0.25, 0.3) is 5.89 Å². The number of fused-ring (bicyclic) bond motifs is 1. The molecule has 0 fully saturated rings. The van der Waals surface area contributed by atoms with E-state index >= 15 is 0 Å². The van der Waals surface area contributed by atoms with Crippen molar-refractivity contribution in [3.63, 3.8) is 0 Å². The zero-order valence-electron chi connectivity index (χ0n) is 17.4. The van der Waals surface area contributed by atoms with Crippen molar-refractivity contribution in [2.45, 2.75) is 13.5 Å². The summed E-state index contributed by atoms with van der Waals surface area (Å²) in [5.74, 6) is 0.217. The van der Waals surface area contributed by atoms with Gasteiger partial charge in [-0.3, -0.25) is 4.79 Å². The molecule has 0 aliphatic carbocycles. The number of pyridine rings is 1. The molecule has 3 aromatic heterocycles. The molecule has 0 aliphatic heterocycles. The van der Waals surface area contributed by atoms with Crippen LogP contribution < -0.4 is 11.0 Å². The number of hydrogen-bond donors (Lipinski definition) is 1. The third kappa shape index (κ3) is 4.01. The Kier molecular flexibility index (Phi) is 5.23. The molecule has 0 radical (unpaired) electrons. The third-order valence-corrected chi connectivity index (χ3v) is 5.33. The minimum absolute atomic E-state index is 0.201. The fourth-order valence-corrected chi connectivity index (χ4v) is 3.52. The SMILES string of the molecule is Cc1ccccc1NC(=O)Cn1nc2c(-c3nc(-c4ccc(Cl)cc4)no3)cccn2c1=O. The second-order valence-electron chi connectivity index (χ2n) is 7.35. The van der Waals surface area contributed by atoms with Crippen LogP contribution in [-0.4, -0.2) is 30.2 Å². The molecule has 164 valence electrons. The van der Waals surface area contributed by atoms with E-state index < -0.39 is 5.69 Å². The summed E-state index contributed by atoms with van der Waals surface area (Å²) in [7, 11) is 0. The maximum atomic E-state index is 12.8. The molecule has 0 atom stereocenters. The topological polar surface area (TPSA) is 107 Å². The van der Waals surface area contributed by atoms with Crippen LogP contribution in [0.1, 0.15) is 5.56 Å². The van der Waals surface area contributed by atoms with E-state index in [1.807, 2.05) is 25.1 Å². The zero-order valence-corrected chi connectivity index (χ0v) is 18.2. The van der Waals surface area contributed by atoms with Gasteiger partial charge in [-0.2, -0.15) is 4.98 Å². The number of nitrogens with zero attached hydrogens (tertiary/aromatic N) is 5. The summed E-state index contributed by atoms with van der Waals surface area (Å²) in [4.78, 5) is 29.8. The Morgan fingerprint density at radius 2 is 1.88 bits per heavy atom. The van der Waals surface area contributed by atoms with Crippen LogP contribution in [0.2, 0.25) is 5.02 Å². The number of amides is 1. The summed E-state index contributed by atoms with van der Waals surface area (Å²) in [6.45, 7) is 1.65. The second-order valence-corrected chi connectivity index (χ2v) is 7.79. The average molecular weight is 461 g/mol. The molecule has 9 nitrogen and oxygen atoms in total. The molecule has 3 heterocycles. The van der Waals surface area contributed by atoms with Gasteiger partial charge in [-0.15, -0.1) is 5.10 Å². The largest absolute Gasteiger partial charge is 0.350 e. The van der Waals surface area contributed by atoms with Crippen LogP contribution >= 0.6 is 11.6 Å². The minimum Gasteiger partial charge on any atom is -0.333 e. The number of carbonyl (C=O) groups excluding carboxylic acids is 1. The van der Waals surface area contributed by atoms with Gasteiger partial charge >= 0.3 is 5.69 Å². The molecular weight excluding hydrogens is 444 g/mol. The van der Waals surface area contributed by atoms with Gasteiger partial charge in [0.1, 0.15) is 6.54 Å². The molecule has 0 saturated heterocycles. The number of halogens is 1. The number of rotatable bonds is 5. The first-order valence-corrected chi connectivity index (χ1v) is 10.4. The normalized spacial score (nSPS) is 11.1. The van der Waals surface area contributed by atoms with Gasteiger partial charge in [-0.05, 0) is 55.0 Å². The molecule has 10 heteroatoms. The number of anilines is 1. The summed E-state index contributed by atoms with van der Waals surface area (Å²) >= 11 is 5.94. The fraction of sp³-hybridized carbons (Fsp3) is 0.0870. The molecular formula is C23H17ClN6O3. The Balaban J connectivity index is 1.46. The summed E-state index contributed by atoms with van der Waals surface area (Å²) in [5, 5.41) is 11.8. The number of aryl methyl sites for hydroxylation is 1. The molecule has 0 unspecified atom stereocenters. The Morgan fingerprint density at radius 1 is 1.09 bits per heavy atom. The van der Waals surface area contributed by atoms with Crippen molar-refractivity contribution in [1.29, 1.82) is 0 Å². The van der Waals surface area contributed by atoms with Crippen LogP contribution in [0, 0.1) is 6.92 Å². The predicted molar refractivity (Wildman–Crippen MR) is 123 cm³/mol.